The molecule has 0 aromatic carbocycles. The van der Waals surface area contributed by atoms with Gasteiger partial charge in [0.05, 0.1) is 5.56 Å². The number of aromatic amines is 1. The topological polar surface area (TPSA) is 62.0 Å². The number of hydrogen-bond acceptors (Lipinski definition) is 2. The minimum absolute atomic E-state index is 0.121. The van der Waals surface area contributed by atoms with Crippen LogP contribution in [0.15, 0.2) is 23.1 Å². The Bertz CT molecular complexity index is 414. The van der Waals surface area contributed by atoms with Crippen LogP contribution in [0.5, 0.6) is 0 Å². The predicted octanol–water partition coefficient (Wildman–Crippen LogP) is 1.29. The van der Waals surface area contributed by atoms with Crippen LogP contribution in [-0.4, -0.2) is 16.9 Å². The fourth-order valence-corrected chi connectivity index (χ4v) is 1.77. The van der Waals surface area contributed by atoms with E-state index in [-0.39, 0.29) is 17.5 Å². The maximum absolute atomic E-state index is 11.7. The molecule has 1 amide bonds. The van der Waals surface area contributed by atoms with Crippen LogP contribution in [0, 0.1) is 5.92 Å². The van der Waals surface area contributed by atoms with E-state index in [1.807, 2.05) is 6.92 Å². The summed E-state index contributed by atoms with van der Waals surface area (Å²) in [5.41, 5.74) is 0.310. The maximum Gasteiger partial charge on any atom is 0.252 e. The summed E-state index contributed by atoms with van der Waals surface area (Å²) in [5.74, 6) is 0.676. The molecule has 86 valence electrons. The Labute approximate surface area is 94.1 Å². The minimum Gasteiger partial charge on any atom is -0.350 e. The lowest BCUT2D eigenvalue weighted by atomic mass is 10.1. The SMILES string of the molecule is CC(CC1CC1)NC(=O)c1ccc(=O)[nH]c1. The van der Waals surface area contributed by atoms with Crippen LogP contribution in [0.1, 0.15) is 36.5 Å². The highest BCUT2D eigenvalue weighted by Crippen LogP contribution is 2.33. The first-order chi connectivity index (χ1) is 7.65. The van der Waals surface area contributed by atoms with E-state index < -0.39 is 0 Å². The second-order valence-corrected chi connectivity index (χ2v) is 4.50. The summed E-state index contributed by atoms with van der Waals surface area (Å²) in [6, 6.07) is 3.10. The number of aromatic nitrogens is 1. The second-order valence-electron chi connectivity index (χ2n) is 4.50. The molecule has 0 spiro atoms. The van der Waals surface area contributed by atoms with Gasteiger partial charge in [-0.2, -0.15) is 0 Å². The fourth-order valence-electron chi connectivity index (χ4n) is 1.77. The Morgan fingerprint density at radius 2 is 2.31 bits per heavy atom. The molecular weight excluding hydrogens is 204 g/mol. The van der Waals surface area contributed by atoms with Crippen molar-refractivity contribution in [3.05, 3.63) is 34.2 Å². The molecule has 0 aliphatic heterocycles. The molecular formula is C12H16N2O2. The van der Waals surface area contributed by atoms with E-state index in [4.69, 9.17) is 0 Å². The van der Waals surface area contributed by atoms with Crippen LogP contribution < -0.4 is 10.9 Å². The summed E-state index contributed by atoms with van der Waals surface area (Å²) < 4.78 is 0. The molecule has 16 heavy (non-hydrogen) atoms. The number of H-pyrrole nitrogens is 1. The average Bonchev–Trinajstić information content (AvgIpc) is 3.02. The molecule has 1 saturated carbocycles. The predicted molar refractivity (Wildman–Crippen MR) is 61.3 cm³/mol. The third-order valence-corrected chi connectivity index (χ3v) is 2.81. The zero-order valence-electron chi connectivity index (χ0n) is 9.32. The van der Waals surface area contributed by atoms with Gasteiger partial charge in [-0.3, -0.25) is 9.59 Å². The Hall–Kier alpha value is -1.58. The van der Waals surface area contributed by atoms with Gasteiger partial charge in [0.15, 0.2) is 0 Å². The fraction of sp³-hybridized carbons (Fsp3) is 0.500. The number of amides is 1. The van der Waals surface area contributed by atoms with E-state index in [0.717, 1.165) is 12.3 Å². The monoisotopic (exact) mass is 220 g/mol. The molecule has 0 radical (unpaired) electrons. The Balaban J connectivity index is 1.91. The van der Waals surface area contributed by atoms with Gasteiger partial charge in [-0.1, -0.05) is 12.8 Å². The first kappa shape index (κ1) is 10.9. The van der Waals surface area contributed by atoms with Gasteiger partial charge >= 0.3 is 0 Å². The summed E-state index contributed by atoms with van der Waals surface area (Å²) >= 11 is 0. The molecule has 1 aromatic rings. The van der Waals surface area contributed by atoms with Crippen molar-refractivity contribution in [2.24, 2.45) is 5.92 Å². The molecule has 0 saturated heterocycles. The standard InChI is InChI=1S/C12H16N2O2/c1-8(6-9-2-3-9)14-12(16)10-4-5-11(15)13-7-10/h4-5,7-9H,2-3,6H2,1H3,(H,13,15)(H,14,16). The summed E-state index contributed by atoms with van der Waals surface area (Å²) in [5, 5.41) is 2.93. The van der Waals surface area contributed by atoms with Crippen LogP contribution >= 0.6 is 0 Å². The number of rotatable bonds is 4. The summed E-state index contributed by atoms with van der Waals surface area (Å²) in [6.07, 6.45) is 5.08. The molecule has 4 nitrogen and oxygen atoms in total. The van der Waals surface area contributed by atoms with Crippen molar-refractivity contribution in [3.63, 3.8) is 0 Å². The van der Waals surface area contributed by atoms with Gasteiger partial charge in [0.2, 0.25) is 5.56 Å². The number of carbonyl (C=O) groups excluding carboxylic acids is 1. The molecule has 1 heterocycles. The first-order valence-electron chi connectivity index (χ1n) is 5.65. The van der Waals surface area contributed by atoms with Gasteiger partial charge in [-0.15, -0.1) is 0 Å². The number of pyridine rings is 1. The van der Waals surface area contributed by atoms with Gasteiger partial charge in [0.1, 0.15) is 0 Å². The van der Waals surface area contributed by atoms with Crippen molar-refractivity contribution in [2.45, 2.75) is 32.2 Å². The summed E-state index contributed by atoms with van der Waals surface area (Å²) in [4.78, 5) is 25.1. The van der Waals surface area contributed by atoms with Crippen molar-refractivity contribution < 1.29 is 4.79 Å². The molecule has 1 aliphatic rings. The van der Waals surface area contributed by atoms with Crippen molar-refractivity contribution in [1.29, 1.82) is 0 Å². The molecule has 1 aliphatic carbocycles. The first-order valence-corrected chi connectivity index (χ1v) is 5.65. The molecule has 4 heteroatoms. The number of carbonyl (C=O) groups is 1. The molecule has 2 N–H and O–H groups in total. The Morgan fingerprint density at radius 3 is 2.88 bits per heavy atom. The number of hydrogen-bond donors (Lipinski definition) is 2. The van der Waals surface area contributed by atoms with Gasteiger partial charge in [-0.25, -0.2) is 0 Å². The van der Waals surface area contributed by atoms with E-state index in [0.29, 0.717) is 5.56 Å². The van der Waals surface area contributed by atoms with Crippen molar-refractivity contribution >= 4 is 5.91 Å². The second kappa shape index (κ2) is 4.51. The highest BCUT2D eigenvalue weighted by molar-refractivity contribution is 5.93. The highest BCUT2D eigenvalue weighted by Gasteiger charge is 2.24. The number of nitrogens with one attached hydrogen (secondary N) is 2. The molecule has 1 atom stereocenters. The molecule has 1 aromatic heterocycles. The van der Waals surface area contributed by atoms with Gasteiger partial charge in [0.25, 0.3) is 5.91 Å². The van der Waals surface area contributed by atoms with Crippen molar-refractivity contribution in [2.75, 3.05) is 0 Å². The lowest BCUT2D eigenvalue weighted by molar-refractivity contribution is 0.0937. The van der Waals surface area contributed by atoms with Crippen LogP contribution in [-0.2, 0) is 0 Å². The van der Waals surface area contributed by atoms with Crippen LogP contribution in [0.25, 0.3) is 0 Å². The molecule has 1 unspecified atom stereocenters. The highest BCUT2D eigenvalue weighted by atomic mass is 16.2. The van der Waals surface area contributed by atoms with Crippen molar-refractivity contribution in [3.8, 4) is 0 Å². The normalized spacial score (nSPS) is 16.8. The maximum atomic E-state index is 11.7. The third kappa shape index (κ3) is 2.95. The summed E-state index contributed by atoms with van der Waals surface area (Å²) in [6.45, 7) is 2.02. The molecule has 0 bridgehead atoms. The van der Waals surface area contributed by atoms with Crippen LogP contribution in [0.2, 0.25) is 0 Å². The smallest absolute Gasteiger partial charge is 0.252 e. The van der Waals surface area contributed by atoms with E-state index in [9.17, 15) is 9.59 Å². The minimum atomic E-state index is -0.192. The quantitative estimate of drug-likeness (QED) is 0.803. The van der Waals surface area contributed by atoms with Crippen LogP contribution in [0.3, 0.4) is 0 Å². The van der Waals surface area contributed by atoms with E-state index in [1.165, 1.54) is 31.2 Å². The third-order valence-electron chi connectivity index (χ3n) is 2.81. The van der Waals surface area contributed by atoms with Crippen molar-refractivity contribution in [1.82, 2.24) is 10.3 Å². The van der Waals surface area contributed by atoms with Crippen LogP contribution in [0.4, 0.5) is 0 Å². The Morgan fingerprint density at radius 1 is 1.56 bits per heavy atom. The Kier molecular flexibility index (Phi) is 3.08. The van der Waals surface area contributed by atoms with E-state index >= 15 is 0 Å². The zero-order valence-corrected chi connectivity index (χ0v) is 9.32. The van der Waals surface area contributed by atoms with Gasteiger partial charge < -0.3 is 10.3 Å². The lowest BCUT2D eigenvalue weighted by Crippen LogP contribution is -2.33. The average molecular weight is 220 g/mol. The summed E-state index contributed by atoms with van der Waals surface area (Å²) in [7, 11) is 0. The zero-order chi connectivity index (χ0) is 11.5. The van der Waals surface area contributed by atoms with E-state index in [2.05, 4.69) is 10.3 Å². The van der Waals surface area contributed by atoms with E-state index in [1.54, 1.807) is 0 Å². The van der Waals surface area contributed by atoms with Gasteiger partial charge in [-0.05, 0) is 25.3 Å². The van der Waals surface area contributed by atoms with Gasteiger partial charge in [0, 0.05) is 18.3 Å². The largest absolute Gasteiger partial charge is 0.350 e. The molecule has 2 rings (SSSR count). The molecule has 1 fully saturated rings. The lowest BCUT2D eigenvalue weighted by Gasteiger charge is -2.12.